The second kappa shape index (κ2) is 10.4. The van der Waals surface area contributed by atoms with Gasteiger partial charge in [-0.25, -0.2) is 0 Å². The van der Waals surface area contributed by atoms with Crippen LogP contribution in [0.5, 0.6) is 0 Å². The fourth-order valence-electron chi connectivity index (χ4n) is 1.49. The zero-order valence-electron chi connectivity index (χ0n) is 9.72. The van der Waals surface area contributed by atoms with Gasteiger partial charge in [-0.05, 0) is 37.7 Å². The third kappa shape index (κ3) is 7.90. The zero-order chi connectivity index (χ0) is 10.6. The molecule has 0 saturated carbocycles. The minimum atomic E-state index is 1.11. The van der Waals surface area contributed by atoms with Gasteiger partial charge in [0.15, 0.2) is 0 Å². The maximum atomic E-state index is 5.08. The van der Waals surface area contributed by atoms with Crippen LogP contribution >= 0.6 is 0 Å². The van der Waals surface area contributed by atoms with Gasteiger partial charge >= 0.3 is 0 Å². The van der Waals surface area contributed by atoms with E-state index in [9.17, 15) is 0 Å². The molecular weight excluding hydrogens is 172 g/mol. The summed E-state index contributed by atoms with van der Waals surface area (Å²) in [6, 6.07) is 0. The van der Waals surface area contributed by atoms with Gasteiger partial charge in [-0.1, -0.05) is 25.8 Å². The van der Waals surface area contributed by atoms with E-state index >= 15 is 0 Å². The summed E-state index contributed by atoms with van der Waals surface area (Å²) in [7, 11) is 1.73. The lowest BCUT2D eigenvalue weighted by Crippen LogP contribution is -1.87. The average Bonchev–Trinajstić information content (AvgIpc) is 2.18. The molecule has 0 aromatic heterocycles. The van der Waals surface area contributed by atoms with Crippen LogP contribution in [0, 0.1) is 0 Å². The lowest BCUT2D eigenvalue weighted by molar-refractivity contribution is 0.330. The average molecular weight is 196 g/mol. The van der Waals surface area contributed by atoms with Gasteiger partial charge in [-0.3, -0.25) is 0 Å². The second-order valence-corrected chi connectivity index (χ2v) is 3.65. The molecule has 0 heterocycles. The van der Waals surface area contributed by atoms with Crippen LogP contribution in [0.3, 0.4) is 0 Å². The van der Waals surface area contributed by atoms with E-state index in [0.717, 1.165) is 12.8 Å². The summed E-state index contributed by atoms with van der Waals surface area (Å²) >= 11 is 0. The van der Waals surface area contributed by atoms with Crippen LogP contribution in [0.4, 0.5) is 0 Å². The van der Waals surface area contributed by atoms with E-state index in [0.29, 0.717) is 0 Å². The molecule has 14 heavy (non-hydrogen) atoms. The van der Waals surface area contributed by atoms with Gasteiger partial charge in [0, 0.05) is 0 Å². The van der Waals surface area contributed by atoms with Crippen molar-refractivity contribution in [1.82, 2.24) is 0 Å². The van der Waals surface area contributed by atoms with E-state index in [-0.39, 0.29) is 0 Å². The summed E-state index contributed by atoms with van der Waals surface area (Å²) in [6.07, 6.45) is 12.5. The number of rotatable bonds is 9. The molecule has 0 unspecified atom stereocenters. The monoisotopic (exact) mass is 196 g/mol. The Morgan fingerprint density at radius 2 is 1.93 bits per heavy atom. The largest absolute Gasteiger partial charge is 0.504 e. The van der Waals surface area contributed by atoms with Gasteiger partial charge in [-0.2, -0.15) is 0 Å². The van der Waals surface area contributed by atoms with Gasteiger partial charge in [0.2, 0.25) is 0 Å². The van der Waals surface area contributed by atoms with E-state index in [4.69, 9.17) is 4.74 Å². The van der Waals surface area contributed by atoms with Crippen molar-refractivity contribution in [1.29, 1.82) is 0 Å². The van der Waals surface area contributed by atoms with E-state index in [1.165, 1.54) is 37.7 Å². The van der Waals surface area contributed by atoms with Crippen LogP contribution < -0.4 is 0 Å². The molecule has 1 nitrogen and oxygen atoms in total. The van der Waals surface area contributed by atoms with E-state index in [2.05, 4.69) is 13.5 Å². The summed E-state index contributed by atoms with van der Waals surface area (Å²) in [5, 5.41) is 0. The molecule has 0 aliphatic rings. The number of methoxy groups -OCH3 is 1. The number of allylic oxidation sites excluding steroid dienone is 2. The third-order valence-corrected chi connectivity index (χ3v) is 2.29. The van der Waals surface area contributed by atoms with Gasteiger partial charge in [0.1, 0.15) is 0 Å². The van der Waals surface area contributed by atoms with Crippen molar-refractivity contribution < 1.29 is 4.74 Å². The van der Waals surface area contributed by atoms with E-state index in [1.54, 1.807) is 7.11 Å². The van der Waals surface area contributed by atoms with Crippen molar-refractivity contribution >= 4 is 0 Å². The first-order valence-corrected chi connectivity index (χ1v) is 5.66. The number of ether oxygens (including phenoxy) is 1. The predicted octanol–water partition coefficient (Wildman–Crippen LogP) is 4.45. The normalized spacial score (nSPS) is 11.4. The Hall–Kier alpha value is -0.720. The molecule has 0 rings (SSSR count). The summed E-state index contributed by atoms with van der Waals surface area (Å²) in [6.45, 7) is 5.96. The zero-order valence-corrected chi connectivity index (χ0v) is 9.72. The molecule has 0 aromatic rings. The summed E-state index contributed by atoms with van der Waals surface area (Å²) in [5.41, 5.74) is 1.45. The molecule has 0 saturated heterocycles. The lowest BCUT2D eigenvalue weighted by atomic mass is 10.0. The molecule has 0 aliphatic carbocycles. The van der Waals surface area contributed by atoms with Crippen LogP contribution in [0.1, 0.15) is 51.9 Å². The SMILES string of the molecule is C=CCCC/C(=C/OC)CCCCC. The summed E-state index contributed by atoms with van der Waals surface area (Å²) < 4.78 is 5.08. The molecule has 0 radical (unpaired) electrons. The number of hydrogen-bond acceptors (Lipinski definition) is 1. The van der Waals surface area contributed by atoms with Crippen LogP contribution in [-0.4, -0.2) is 7.11 Å². The van der Waals surface area contributed by atoms with Gasteiger partial charge in [0.25, 0.3) is 0 Å². The first-order valence-electron chi connectivity index (χ1n) is 5.66. The lowest BCUT2D eigenvalue weighted by Gasteiger charge is -2.05. The van der Waals surface area contributed by atoms with E-state index in [1.807, 2.05) is 12.3 Å². The van der Waals surface area contributed by atoms with Crippen molar-refractivity contribution in [2.45, 2.75) is 51.9 Å². The summed E-state index contributed by atoms with van der Waals surface area (Å²) in [4.78, 5) is 0. The standard InChI is InChI=1S/C13H24O/c1-4-6-8-10-13(12-14-3)11-9-7-5-2/h4,12H,1,5-11H2,2-3H3/b13-12-. The van der Waals surface area contributed by atoms with Crippen molar-refractivity contribution in [3.05, 3.63) is 24.5 Å². The molecule has 0 N–H and O–H groups in total. The molecule has 0 bridgehead atoms. The highest BCUT2D eigenvalue weighted by Gasteiger charge is 1.97. The van der Waals surface area contributed by atoms with Crippen molar-refractivity contribution in [3.8, 4) is 0 Å². The Morgan fingerprint density at radius 3 is 2.50 bits per heavy atom. The second-order valence-electron chi connectivity index (χ2n) is 3.65. The molecule has 1 heteroatoms. The number of unbranched alkanes of at least 4 members (excludes halogenated alkanes) is 3. The minimum absolute atomic E-state index is 1.11. The smallest absolute Gasteiger partial charge is 0.0816 e. The molecular formula is C13H24O. The van der Waals surface area contributed by atoms with Gasteiger partial charge in [-0.15, -0.1) is 6.58 Å². The first-order chi connectivity index (χ1) is 6.85. The minimum Gasteiger partial charge on any atom is -0.504 e. The van der Waals surface area contributed by atoms with Crippen LogP contribution in [0.25, 0.3) is 0 Å². The van der Waals surface area contributed by atoms with Crippen molar-refractivity contribution in [3.63, 3.8) is 0 Å². The van der Waals surface area contributed by atoms with Crippen LogP contribution in [-0.2, 0) is 4.74 Å². The fraction of sp³-hybridized carbons (Fsp3) is 0.692. The predicted molar refractivity (Wildman–Crippen MR) is 63.3 cm³/mol. The highest BCUT2D eigenvalue weighted by molar-refractivity contribution is 4.98. The quantitative estimate of drug-likeness (QED) is 0.301. The molecule has 0 spiro atoms. The Labute approximate surface area is 88.9 Å². The van der Waals surface area contributed by atoms with Crippen LogP contribution in [0.2, 0.25) is 0 Å². The molecule has 0 aromatic carbocycles. The topological polar surface area (TPSA) is 9.23 Å². The molecule has 0 atom stereocenters. The van der Waals surface area contributed by atoms with Crippen LogP contribution in [0.15, 0.2) is 24.5 Å². The fourth-order valence-corrected chi connectivity index (χ4v) is 1.49. The first kappa shape index (κ1) is 13.3. The van der Waals surface area contributed by atoms with Crippen molar-refractivity contribution in [2.24, 2.45) is 0 Å². The van der Waals surface area contributed by atoms with Gasteiger partial charge in [0.05, 0.1) is 13.4 Å². The van der Waals surface area contributed by atoms with E-state index < -0.39 is 0 Å². The molecule has 82 valence electrons. The summed E-state index contributed by atoms with van der Waals surface area (Å²) in [5.74, 6) is 0. The number of hydrogen-bond donors (Lipinski definition) is 0. The molecule has 0 fully saturated rings. The highest BCUT2D eigenvalue weighted by atomic mass is 16.5. The molecule has 0 aliphatic heterocycles. The Morgan fingerprint density at radius 1 is 1.21 bits per heavy atom. The maximum Gasteiger partial charge on any atom is 0.0816 e. The Bertz CT molecular complexity index is 159. The Balaban J connectivity index is 3.66. The molecule has 0 amide bonds. The Kier molecular flexibility index (Phi) is 9.83. The van der Waals surface area contributed by atoms with Gasteiger partial charge < -0.3 is 4.74 Å². The maximum absolute atomic E-state index is 5.08. The third-order valence-electron chi connectivity index (χ3n) is 2.29. The van der Waals surface area contributed by atoms with Crippen molar-refractivity contribution in [2.75, 3.05) is 7.11 Å². The highest BCUT2D eigenvalue weighted by Crippen LogP contribution is 2.15.